The SMILES string of the molecule is Cc1ccc(C2=C3CCCCCCC3C(c3ncc(C(=O)O)cn3)=NN2)cc1. The van der Waals surface area contributed by atoms with Crippen LogP contribution in [0, 0.1) is 12.8 Å². The lowest BCUT2D eigenvalue weighted by molar-refractivity contribution is 0.0696. The summed E-state index contributed by atoms with van der Waals surface area (Å²) in [6.07, 6.45) is 9.51. The molecule has 6 heteroatoms. The van der Waals surface area contributed by atoms with Crippen LogP contribution in [0.2, 0.25) is 0 Å². The number of rotatable bonds is 3. The van der Waals surface area contributed by atoms with Gasteiger partial charge in [0.05, 0.1) is 11.3 Å². The molecule has 144 valence electrons. The number of carboxylic acid groups (broad SMARTS) is 1. The third kappa shape index (κ3) is 3.67. The van der Waals surface area contributed by atoms with Crippen LogP contribution in [-0.4, -0.2) is 26.8 Å². The van der Waals surface area contributed by atoms with Crippen molar-refractivity contribution in [2.75, 3.05) is 0 Å². The second kappa shape index (κ2) is 7.92. The summed E-state index contributed by atoms with van der Waals surface area (Å²) in [5, 5.41) is 13.7. The number of hydrogen-bond donors (Lipinski definition) is 2. The van der Waals surface area contributed by atoms with E-state index in [4.69, 9.17) is 5.11 Å². The Morgan fingerprint density at radius 3 is 2.50 bits per heavy atom. The van der Waals surface area contributed by atoms with Crippen molar-refractivity contribution in [1.82, 2.24) is 15.4 Å². The van der Waals surface area contributed by atoms with Crippen LogP contribution in [0.1, 0.15) is 65.8 Å². The first-order chi connectivity index (χ1) is 13.6. The van der Waals surface area contributed by atoms with Crippen LogP contribution < -0.4 is 5.43 Å². The Morgan fingerprint density at radius 2 is 1.79 bits per heavy atom. The highest BCUT2D eigenvalue weighted by molar-refractivity contribution is 6.03. The van der Waals surface area contributed by atoms with Gasteiger partial charge in [-0.25, -0.2) is 14.8 Å². The van der Waals surface area contributed by atoms with E-state index in [1.165, 1.54) is 36.4 Å². The summed E-state index contributed by atoms with van der Waals surface area (Å²) >= 11 is 0. The molecule has 0 spiro atoms. The lowest BCUT2D eigenvalue weighted by atomic mass is 9.80. The molecule has 2 aliphatic rings. The van der Waals surface area contributed by atoms with E-state index in [1.54, 1.807) is 0 Å². The Balaban J connectivity index is 1.72. The first kappa shape index (κ1) is 18.3. The number of allylic oxidation sites excluding steroid dienone is 1. The Hall–Kier alpha value is -3.02. The van der Waals surface area contributed by atoms with Crippen molar-refractivity contribution in [2.45, 2.75) is 45.4 Å². The van der Waals surface area contributed by atoms with Gasteiger partial charge in [-0.15, -0.1) is 0 Å². The van der Waals surface area contributed by atoms with Crippen LogP contribution >= 0.6 is 0 Å². The number of carboxylic acids is 1. The standard InChI is InChI=1S/C22H24N4O2/c1-14-8-10-15(11-9-14)19-17-6-4-2-3-5-7-18(17)20(26-25-19)21-23-12-16(13-24-21)22(27)28/h8-13,18,25H,2-7H2,1H3,(H,27,28). The minimum absolute atomic E-state index is 0.0851. The van der Waals surface area contributed by atoms with Gasteiger partial charge in [-0.3, -0.25) is 5.43 Å². The molecule has 1 atom stereocenters. The largest absolute Gasteiger partial charge is 0.478 e. The van der Waals surface area contributed by atoms with Crippen molar-refractivity contribution >= 4 is 17.4 Å². The van der Waals surface area contributed by atoms with Gasteiger partial charge < -0.3 is 5.11 Å². The number of benzene rings is 1. The molecular weight excluding hydrogens is 352 g/mol. The smallest absolute Gasteiger partial charge is 0.338 e. The molecule has 0 radical (unpaired) electrons. The number of aromatic carboxylic acids is 1. The predicted octanol–water partition coefficient (Wildman–Crippen LogP) is 4.17. The first-order valence-corrected chi connectivity index (χ1v) is 9.83. The van der Waals surface area contributed by atoms with Gasteiger partial charge >= 0.3 is 5.97 Å². The number of nitrogens with zero attached hydrogens (tertiary/aromatic N) is 3. The van der Waals surface area contributed by atoms with E-state index in [1.807, 2.05) is 0 Å². The first-order valence-electron chi connectivity index (χ1n) is 9.83. The predicted molar refractivity (Wildman–Crippen MR) is 108 cm³/mol. The molecule has 0 amide bonds. The zero-order chi connectivity index (χ0) is 19.5. The number of hydrogen-bond acceptors (Lipinski definition) is 5. The minimum atomic E-state index is -1.02. The fraction of sp³-hybridized carbons (Fsp3) is 0.364. The van der Waals surface area contributed by atoms with Crippen molar-refractivity contribution in [3.05, 3.63) is 64.7 Å². The molecular formula is C22H24N4O2. The molecule has 1 fully saturated rings. The molecule has 1 aromatic heterocycles. The minimum Gasteiger partial charge on any atom is -0.478 e. The fourth-order valence-corrected chi connectivity index (χ4v) is 3.98. The van der Waals surface area contributed by atoms with E-state index in [0.29, 0.717) is 5.82 Å². The van der Waals surface area contributed by atoms with Gasteiger partial charge in [-0.2, -0.15) is 5.10 Å². The van der Waals surface area contributed by atoms with Gasteiger partial charge in [-0.1, -0.05) is 49.1 Å². The van der Waals surface area contributed by atoms with Gasteiger partial charge in [0.25, 0.3) is 0 Å². The number of fused-ring (bicyclic) bond motifs is 1. The maximum Gasteiger partial charge on any atom is 0.338 e. The van der Waals surface area contributed by atoms with Crippen LogP contribution in [0.3, 0.4) is 0 Å². The molecule has 4 rings (SSSR count). The lowest BCUT2D eigenvalue weighted by Crippen LogP contribution is -2.31. The van der Waals surface area contributed by atoms with E-state index in [-0.39, 0.29) is 11.5 Å². The Morgan fingerprint density at radius 1 is 1.07 bits per heavy atom. The van der Waals surface area contributed by atoms with Crippen molar-refractivity contribution in [3.63, 3.8) is 0 Å². The van der Waals surface area contributed by atoms with Gasteiger partial charge in [0.2, 0.25) is 0 Å². The maximum atomic E-state index is 11.1. The van der Waals surface area contributed by atoms with Crippen molar-refractivity contribution in [3.8, 4) is 0 Å². The fourth-order valence-electron chi connectivity index (χ4n) is 3.98. The summed E-state index contributed by atoms with van der Waals surface area (Å²) in [7, 11) is 0. The van der Waals surface area contributed by atoms with E-state index in [0.717, 1.165) is 42.7 Å². The summed E-state index contributed by atoms with van der Waals surface area (Å²) in [5.41, 5.74) is 8.99. The number of aryl methyl sites for hydroxylation is 1. The van der Waals surface area contributed by atoms with Crippen LogP contribution in [-0.2, 0) is 0 Å². The zero-order valence-corrected chi connectivity index (χ0v) is 16.0. The Kier molecular flexibility index (Phi) is 5.19. The average molecular weight is 376 g/mol. The van der Waals surface area contributed by atoms with Crippen LogP contribution in [0.15, 0.2) is 47.3 Å². The molecule has 28 heavy (non-hydrogen) atoms. The number of hydrazone groups is 1. The molecule has 1 saturated carbocycles. The molecule has 1 aromatic carbocycles. The molecule has 0 bridgehead atoms. The third-order valence-corrected chi connectivity index (χ3v) is 5.52. The van der Waals surface area contributed by atoms with Crippen molar-refractivity contribution in [1.29, 1.82) is 0 Å². The topological polar surface area (TPSA) is 87.5 Å². The van der Waals surface area contributed by atoms with Crippen LogP contribution in [0.4, 0.5) is 0 Å². The monoisotopic (exact) mass is 376 g/mol. The van der Waals surface area contributed by atoms with Crippen LogP contribution in [0.5, 0.6) is 0 Å². The summed E-state index contributed by atoms with van der Waals surface area (Å²) in [5.74, 6) is -0.361. The van der Waals surface area contributed by atoms with Gasteiger partial charge in [-0.05, 0) is 37.3 Å². The van der Waals surface area contributed by atoms with E-state index in [9.17, 15) is 4.79 Å². The van der Waals surface area contributed by atoms with Gasteiger partial charge in [0, 0.05) is 18.3 Å². The summed E-state index contributed by atoms with van der Waals surface area (Å²) in [4.78, 5) is 19.7. The average Bonchev–Trinajstić information content (AvgIpc) is 2.68. The maximum absolute atomic E-state index is 11.1. The highest BCUT2D eigenvalue weighted by atomic mass is 16.4. The quantitative estimate of drug-likeness (QED) is 0.839. The number of aromatic nitrogens is 2. The molecule has 1 unspecified atom stereocenters. The van der Waals surface area contributed by atoms with Gasteiger partial charge in [0.1, 0.15) is 5.71 Å². The third-order valence-electron chi connectivity index (χ3n) is 5.52. The second-order valence-electron chi connectivity index (χ2n) is 7.48. The highest BCUT2D eigenvalue weighted by Gasteiger charge is 2.31. The highest BCUT2D eigenvalue weighted by Crippen LogP contribution is 2.36. The summed E-state index contributed by atoms with van der Waals surface area (Å²) in [6, 6.07) is 8.52. The van der Waals surface area contributed by atoms with E-state index < -0.39 is 5.97 Å². The molecule has 2 heterocycles. The van der Waals surface area contributed by atoms with Crippen LogP contribution in [0.25, 0.3) is 5.70 Å². The summed E-state index contributed by atoms with van der Waals surface area (Å²) < 4.78 is 0. The normalized spacial score (nSPS) is 19.8. The molecule has 0 saturated heterocycles. The molecule has 6 nitrogen and oxygen atoms in total. The molecule has 2 N–H and O–H groups in total. The Labute approximate surface area is 164 Å². The lowest BCUT2D eigenvalue weighted by Gasteiger charge is -2.30. The second-order valence-corrected chi connectivity index (χ2v) is 7.48. The van der Waals surface area contributed by atoms with Gasteiger partial charge in [0.15, 0.2) is 5.82 Å². The number of carbonyl (C=O) groups is 1. The summed E-state index contributed by atoms with van der Waals surface area (Å²) in [6.45, 7) is 2.09. The zero-order valence-electron chi connectivity index (χ0n) is 16.0. The van der Waals surface area contributed by atoms with Crippen molar-refractivity contribution in [2.24, 2.45) is 11.0 Å². The van der Waals surface area contributed by atoms with E-state index in [2.05, 4.69) is 51.7 Å². The number of nitrogens with one attached hydrogen (secondary N) is 1. The Bertz CT molecular complexity index is 930. The molecule has 1 aliphatic carbocycles. The van der Waals surface area contributed by atoms with Crippen molar-refractivity contribution < 1.29 is 9.90 Å². The van der Waals surface area contributed by atoms with E-state index >= 15 is 0 Å². The molecule has 2 aromatic rings. The molecule has 1 aliphatic heterocycles.